The Morgan fingerprint density at radius 3 is 2.93 bits per heavy atom. The summed E-state index contributed by atoms with van der Waals surface area (Å²) in [5.74, 6) is 0.614. The highest BCUT2D eigenvalue weighted by Gasteiger charge is 2.08. The van der Waals surface area contributed by atoms with E-state index in [0.29, 0.717) is 34.3 Å². The molecule has 4 aromatic heterocycles. The van der Waals surface area contributed by atoms with Crippen LogP contribution in [0.15, 0.2) is 49.1 Å². The summed E-state index contributed by atoms with van der Waals surface area (Å²) in [5.41, 5.74) is 3.60. The molecule has 10 heteroatoms. The number of pyridine rings is 1. The molecule has 0 fully saturated rings. The molecule has 0 aliphatic rings. The van der Waals surface area contributed by atoms with Crippen molar-refractivity contribution in [3.8, 4) is 11.3 Å². The van der Waals surface area contributed by atoms with Crippen molar-refractivity contribution < 1.29 is 0 Å². The SMILES string of the molecule is CCNC(=S)Nc1ccc2ncc(-c3cnn(Cc4cccnn4)c3)nc2n1. The van der Waals surface area contributed by atoms with Gasteiger partial charge in [-0.05, 0) is 43.4 Å². The van der Waals surface area contributed by atoms with Crippen molar-refractivity contribution in [2.75, 3.05) is 11.9 Å². The lowest BCUT2D eigenvalue weighted by atomic mass is 10.2. The monoisotopic (exact) mass is 391 g/mol. The molecule has 0 spiro atoms. The maximum Gasteiger partial charge on any atom is 0.180 e. The molecule has 0 unspecified atom stereocenters. The van der Waals surface area contributed by atoms with Gasteiger partial charge in [-0.2, -0.15) is 15.3 Å². The molecule has 0 bridgehead atoms. The van der Waals surface area contributed by atoms with Crippen molar-refractivity contribution in [2.45, 2.75) is 13.5 Å². The Kier molecular flexibility index (Phi) is 5.11. The number of thiocarbonyl (C=S) groups is 1. The van der Waals surface area contributed by atoms with E-state index in [1.807, 2.05) is 37.4 Å². The van der Waals surface area contributed by atoms with Gasteiger partial charge in [-0.25, -0.2) is 9.97 Å². The summed E-state index contributed by atoms with van der Waals surface area (Å²) in [4.78, 5) is 13.6. The molecule has 0 amide bonds. The van der Waals surface area contributed by atoms with Crippen LogP contribution < -0.4 is 10.6 Å². The van der Waals surface area contributed by atoms with E-state index in [4.69, 9.17) is 12.2 Å². The fourth-order valence-corrected chi connectivity index (χ4v) is 2.84. The van der Waals surface area contributed by atoms with Crippen LogP contribution in [0.2, 0.25) is 0 Å². The van der Waals surface area contributed by atoms with Gasteiger partial charge in [0.1, 0.15) is 11.3 Å². The number of hydrogen-bond acceptors (Lipinski definition) is 7. The quantitative estimate of drug-likeness (QED) is 0.494. The molecule has 4 rings (SSSR count). The maximum atomic E-state index is 5.20. The molecule has 9 nitrogen and oxygen atoms in total. The average molecular weight is 391 g/mol. The first-order valence-electron chi connectivity index (χ1n) is 8.69. The van der Waals surface area contributed by atoms with Crippen molar-refractivity contribution in [3.05, 3.63) is 54.7 Å². The van der Waals surface area contributed by atoms with Crippen molar-refractivity contribution in [1.29, 1.82) is 0 Å². The van der Waals surface area contributed by atoms with Gasteiger partial charge in [-0.3, -0.25) is 9.67 Å². The second kappa shape index (κ2) is 8.01. The number of nitrogens with zero attached hydrogens (tertiary/aromatic N) is 7. The predicted molar refractivity (Wildman–Crippen MR) is 110 cm³/mol. The fraction of sp³-hybridized carbons (Fsp3) is 0.167. The molecule has 0 saturated heterocycles. The molecule has 0 aromatic carbocycles. The Labute approximate surface area is 166 Å². The van der Waals surface area contributed by atoms with E-state index in [9.17, 15) is 0 Å². The van der Waals surface area contributed by atoms with Gasteiger partial charge in [0, 0.05) is 24.5 Å². The van der Waals surface area contributed by atoms with E-state index in [-0.39, 0.29) is 0 Å². The van der Waals surface area contributed by atoms with E-state index in [1.165, 1.54) is 0 Å². The van der Waals surface area contributed by atoms with E-state index in [0.717, 1.165) is 17.8 Å². The number of nitrogens with one attached hydrogen (secondary N) is 2. The number of aromatic nitrogens is 7. The molecule has 28 heavy (non-hydrogen) atoms. The summed E-state index contributed by atoms with van der Waals surface area (Å²) >= 11 is 5.20. The topological polar surface area (TPSA) is 106 Å². The van der Waals surface area contributed by atoms with Crippen LogP contribution in [0.4, 0.5) is 5.82 Å². The lowest BCUT2D eigenvalue weighted by Crippen LogP contribution is -2.28. The van der Waals surface area contributed by atoms with Gasteiger partial charge >= 0.3 is 0 Å². The van der Waals surface area contributed by atoms with Crippen LogP contribution in [0.5, 0.6) is 0 Å². The maximum absolute atomic E-state index is 5.20. The lowest BCUT2D eigenvalue weighted by molar-refractivity contribution is 0.663. The molecular weight excluding hydrogens is 374 g/mol. The second-order valence-electron chi connectivity index (χ2n) is 5.92. The van der Waals surface area contributed by atoms with Crippen molar-refractivity contribution in [2.24, 2.45) is 0 Å². The third kappa shape index (κ3) is 4.07. The second-order valence-corrected chi connectivity index (χ2v) is 6.33. The van der Waals surface area contributed by atoms with Crippen LogP contribution in [-0.4, -0.2) is 46.6 Å². The summed E-state index contributed by atoms with van der Waals surface area (Å²) in [6, 6.07) is 7.42. The molecule has 0 radical (unpaired) electrons. The smallest absolute Gasteiger partial charge is 0.180 e. The lowest BCUT2D eigenvalue weighted by Gasteiger charge is -2.08. The first kappa shape index (κ1) is 17.9. The average Bonchev–Trinajstić information content (AvgIpc) is 3.17. The standard InChI is InChI=1S/C18H17N9S/c1-2-19-18(28)25-16-6-5-14-17(24-16)23-15(9-20-14)12-8-22-27(10-12)11-13-4-3-7-21-26-13/h3-10H,2,11H2,1H3,(H2,19,23,24,25,28). The van der Waals surface area contributed by atoms with Gasteiger partial charge in [-0.1, -0.05) is 0 Å². The van der Waals surface area contributed by atoms with Crippen molar-refractivity contribution >= 4 is 34.3 Å². The predicted octanol–water partition coefficient (Wildman–Crippen LogP) is 2.03. The highest BCUT2D eigenvalue weighted by Crippen LogP contribution is 2.19. The molecule has 4 heterocycles. The van der Waals surface area contributed by atoms with Crippen molar-refractivity contribution in [3.63, 3.8) is 0 Å². The highest BCUT2D eigenvalue weighted by molar-refractivity contribution is 7.80. The molecule has 0 saturated carbocycles. The van der Waals surface area contributed by atoms with Gasteiger partial charge < -0.3 is 10.6 Å². The molecule has 0 aliphatic carbocycles. The minimum Gasteiger partial charge on any atom is -0.363 e. The molecule has 2 N–H and O–H groups in total. The Bertz CT molecular complexity index is 1110. The number of rotatable bonds is 5. The largest absolute Gasteiger partial charge is 0.363 e. The van der Waals surface area contributed by atoms with E-state index in [1.54, 1.807) is 23.3 Å². The zero-order valence-corrected chi connectivity index (χ0v) is 15.9. The third-order valence-electron chi connectivity index (χ3n) is 3.87. The van der Waals surface area contributed by atoms with Gasteiger partial charge in [0.25, 0.3) is 0 Å². The van der Waals surface area contributed by atoms with Crippen LogP contribution in [-0.2, 0) is 6.54 Å². The van der Waals surface area contributed by atoms with Gasteiger partial charge in [0.05, 0.1) is 30.3 Å². The van der Waals surface area contributed by atoms with Crippen LogP contribution in [0, 0.1) is 0 Å². The Balaban J connectivity index is 1.57. The fourth-order valence-electron chi connectivity index (χ4n) is 2.59. The van der Waals surface area contributed by atoms with Crippen LogP contribution in [0.25, 0.3) is 22.4 Å². The number of fused-ring (bicyclic) bond motifs is 1. The first-order chi connectivity index (χ1) is 13.7. The summed E-state index contributed by atoms with van der Waals surface area (Å²) < 4.78 is 1.78. The van der Waals surface area contributed by atoms with Gasteiger partial charge in [0.2, 0.25) is 0 Å². The molecule has 140 valence electrons. The summed E-state index contributed by atoms with van der Waals surface area (Å²) in [6.45, 7) is 3.25. The van der Waals surface area contributed by atoms with Gasteiger partial charge in [-0.15, -0.1) is 0 Å². The Morgan fingerprint density at radius 2 is 2.11 bits per heavy atom. The minimum absolute atomic E-state index is 0.517. The summed E-state index contributed by atoms with van der Waals surface area (Å²) in [5, 5.41) is 18.9. The van der Waals surface area contributed by atoms with E-state index < -0.39 is 0 Å². The van der Waals surface area contributed by atoms with E-state index >= 15 is 0 Å². The Hall–Kier alpha value is -3.53. The molecular formula is C18H17N9S. The van der Waals surface area contributed by atoms with Crippen LogP contribution in [0.3, 0.4) is 0 Å². The third-order valence-corrected chi connectivity index (χ3v) is 4.11. The molecule has 0 atom stereocenters. The summed E-state index contributed by atoms with van der Waals surface area (Å²) in [7, 11) is 0. The normalized spacial score (nSPS) is 10.8. The zero-order chi connectivity index (χ0) is 19.3. The molecule has 4 aromatic rings. The number of hydrogen-bond donors (Lipinski definition) is 2. The Morgan fingerprint density at radius 1 is 1.18 bits per heavy atom. The van der Waals surface area contributed by atoms with Crippen molar-refractivity contribution in [1.82, 2.24) is 40.2 Å². The molecule has 0 aliphatic heterocycles. The van der Waals surface area contributed by atoms with Crippen LogP contribution in [0.1, 0.15) is 12.6 Å². The highest BCUT2D eigenvalue weighted by atomic mass is 32.1. The number of anilines is 1. The van der Waals surface area contributed by atoms with Gasteiger partial charge in [0.15, 0.2) is 10.8 Å². The van der Waals surface area contributed by atoms with E-state index in [2.05, 4.69) is 40.9 Å². The minimum atomic E-state index is 0.517. The first-order valence-corrected chi connectivity index (χ1v) is 9.10. The van der Waals surface area contributed by atoms with Crippen LogP contribution >= 0.6 is 12.2 Å². The zero-order valence-electron chi connectivity index (χ0n) is 15.1. The summed E-state index contributed by atoms with van der Waals surface area (Å²) in [6.07, 6.45) is 7.00.